The summed E-state index contributed by atoms with van der Waals surface area (Å²) in [7, 11) is 1.87. The maximum absolute atomic E-state index is 13.0. The van der Waals surface area contributed by atoms with Crippen molar-refractivity contribution >= 4 is 28.5 Å². The summed E-state index contributed by atoms with van der Waals surface area (Å²) in [6, 6.07) is 14.3. The summed E-state index contributed by atoms with van der Waals surface area (Å²) in [5, 5.41) is 3.64. The third kappa shape index (κ3) is 3.64. The maximum atomic E-state index is 13.0. The van der Waals surface area contributed by atoms with Crippen LogP contribution in [0.4, 0.5) is 0 Å². The molecule has 0 spiro atoms. The number of aryl methyl sites for hydroxylation is 2. The minimum Gasteiger partial charge on any atom is -0.341 e. The summed E-state index contributed by atoms with van der Waals surface area (Å²) in [5.41, 5.74) is 2.20. The van der Waals surface area contributed by atoms with Gasteiger partial charge in [-0.15, -0.1) is 0 Å². The molecule has 0 unspecified atom stereocenters. The Labute approximate surface area is 178 Å². The molecule has 30 heavy (non-hydrogen) atoms. The highest BCUT2D eigenvalue weighted by atomic mass is 35.5. The topological polar surface area (TPSA) is 73.8 Å². The lowest BCUT2D eigenvalue weighted by atomic mass is 10.1. The second-order valence-electron chi connectivity index (χ2n) is 7.05. The van der Waals surface area contributed by atoms with Crippen LogP contribution in [0.5, 0.6) is 0 Å². The fourth-order valence-electron chi connectivity index (χ4n) is 3.69. The Kier molecular flexibility index (Phi) is 5.46. The summed E-state index contributed by atoms with van der Waals surface area (Å²) in [5.74, 6) is 0.410. The van der Waals surface area contributed by atoms with Crippen LogP contribution in [0.3, 0.4) is 0 Å². The molecule has 2 aromatic carbocycles. The number of hydrogen-bond donors (Lipinski definition) is 1. The number of nitrogens with one attached hydrogen (secondary N) is 1. The van der Waals surface area contributed by atoms with Crippen molar-refractivity contribution in [3.05, 3.63) is 87.8 Å². The van der Waals surface area contributed by atoms with E-state index < -0.39 is 6.04 Å². The number of nitrogens with zero attached hydrogens (tertiary/aromatic N) is 4. The molecule has 2 aromatic heterocycles. The highest BCUT2D eigenvalue weighted by Crippen LogP contribution is 2.22. The van der Waals surface area contributed by atoms with Gasteiger partial charge in [-0.05, 0) is 36.8 Å². The predicted octanol–water partition coefficient (Wildman–Crippen LogP) is 3.12. The Balaban J connectivity index is 1.67. The molecule has 0 aliphatic carbocycles. The number of rotatable bonds is 6. The van der Waals surface area contributed by atoms with E-state index in [2.05, 4.69) is 10.3 Å². The normalized spacial score (nSPS) is 12.2. The first-order valence-electron chi connectivity index (χ1n) is 9.69. The fourth-order valence-corrected chi connectivity index (χ4v) is 3.81. The Morgan fingerprint density at radius 1 is 1.10 bits per heavy atom. The van der Waals surface area contributed by atoms with E-state index in [0.29, 0.717) is 17.4 Å². The van der Waals surface area contributed by atoms with Crippen LogP contribution < -0.4 is 11.0 Å². The van der Waals surface area contributed by atoms with Crippen LogP contribution in [0.1, 0.15) is 24.4 Å². The molecule has 1 atom stereocenters. The molecule has 0 aliphatic rings. The number of benzene rings is 2. The van der Waals surface area contributed by atoms with Gasteiger partial charge in [-0.3, -0.25) is 13.9 Å². The van der Waals surface area contributed by atoms with Gasteiger partial charge in [0.15, 0.2) is 0 Å². The molecule has 2 heterocycles. The Morgan fingerprint density at radius 3 is 2.37 bits per heavy atom. The number of carbonyl (C=O) groups is 1. The highest BCUT2D eigenvalue weighted by Gasteiger charge is 2.22. The van der Waals surface area contributed by atoms with Gasteiger partial charge in [0.25, 0.3) is 0 Å². The van der Waals surface area contributed by atoms with Crippen LogP contribution in [-0.4, -0.2) is 24.6 Å². The molecule has 1 N–H and O–H groups in total. The van der Waals surface area contributed by atoms with Crippen LogP contribution in [-0.2, 0) is 24.9 Å². The molecule has 0 aliphatic heterocycles. The molecule has 8 heteroatoms. The Bertz CT molecular complexity index is 1250. The third-order valence-corrected chi connectivity index (χ3v) is 5.42. The van der Waals surface area contributed by atoms with Crippen LogP contribution in [0.25, 0.3) is 11.0 Å². The summed E-state index contributed by atoms with van der Waals surface area (Å²) in [6.07, 6.45) is 3.51. The van der Waals surface area contributed by atoms with Crippen molar-refractivity contribution in [2.45, 2.75) is 26.1 Å². The lowest BCUT2D eigenvalue weighted by Gasteiger charge is -2.19. The number of hydrogen-bond acceptors (Lipinski definition) is 3. The van der Waals surface area contributed by atoms with Gasteiger partial charge >= 0.3 is 5.69 Å². The second kappa shape index (κ2) is 8.20. The zero-order valence-electron chi connectivity index (χ0n) is 16.7. The van der Waals surface area contributed by atoms with Gasteiger partial charge in [-0.1, -0.05) is 35.9 Å². The van der Waals surface area contributed by atoms with Gasteiger partial charge in [0.2, 0.25) is 5.91 Å². The summed E-state index contributed by atoms with van der Waals surface area (Å²) in [6.45, 7) is 2.37. The third-order valence-electron chi connectivity index (χ3n) is 5.17. The van der Waals surface area contributed by atoms with E-state index in [9.17, 15) is 9.59 Å². The SMILES string of the molecule is CCn1c(=O)n(CC(=O)N[C@H](c2ccc(Cl)cc2)c2nccn2C)c2ccccc21. The first-order valence-corrected chi connectivity index (χ1v) is 10.1. The summed E-state index contributed by atoms with van der Waals surface area (Å²) < 4.78 is 5.03. The van der Waals surface area contributed by atoms with Crippen molar-refractivity contribution in [2.75, 3.05) is 0 Å². The van der Waals surface area contributed by atoms with Gasteiger partial charge in [0.1, 0.15) is 18.4 Å². The number of fused-ring (bicyclic) bond motifs is 1. The van der Waals surface area contributed by atoms with Crippen molar-refractivity contribution in [2.24, 2.45) is 7.05 Å². The number of carbonyl (C=O) groups excluding carboxylic acids is 1. The van der Waals surface area contributed by atoms with Crippen molar-refractivity contribution in [1.82, 2.24) is 24.0 Å². The van der Waals surface area contributed by atoms with E-state index in [1.807, 2.05) is 61.1 Å². The van der Waals surface area contributed by atoms with Gasteiger partial charge in [-0.25, -0.2) is 9.78 Å². The van der Waals surface area contributed by atoms with Crippen LogP contribution in [0, 0.1) is 0 Å². The largest absolute Gasteiger partial charge is 0.341 e. The fraction of sp³-hybridized carbons (Fsp3) is 0.227. The molecular formula is C22H22ClN5O2. The lowest BCUT2D eigenvalue weighted by Crippen LogP contribution is -2.36. The zero-order chi connectivity index (χ0) is 21.3. The number of aromatic nitrogens is 4. The van der Waals surface area contributed by atoms with E-state index in [-0.39, 0.29) is 18.1 Å². The predicted molar refractivity (Wildman–Crippen MR) is 117 cm³/mol. The molecule has 4 rings (SSSR count). The van der Waals surface area contributed by atoms with Gasteiger partial charge < -0.3 is 9.88 Å². The van der Waals surface area contributed by atoms with Gasteiger partial charge in [0, 0.05) is 31.0 Å². The first kappa shape index (κ1) is 20.0. The monoisotopic (exact) mass is 423 g/mol. The Morgan fingerprint density at radius 2 is 1.77 bits per heavy atom. The molecule has 0 saturated heterocycles. The lowest BCUT2D eigenvalue weighted by molar-refractivity contribution is -0.122. The average molecular weight is 424 g/mol. The van der Waals surface area contributed by atoms with Crippen LogP contribution >= 0.6 is 11.6 Å². The summed E-state index contributed by atoms with van der Waals surface area (Å²) >= 11 is 6.03. The molecule has 0 fully saturated rings. The quantitative estimate of drug-likeness (QED) is 0.517. The van der Waals surface area contributed by atoms with Crippen molar-refractivity contribution in [3.8, 4) is 0 Å². The maximum Gasteiger partial charge on any atom is 0.329 e. The number of amides is 1. The average Bonchev–Trinajstić information content (AvgIpc) is 3.28. The first-order chi connectivity index (χ1) is 14.5. The Hall–Kier alpha value is -3.32. The second-order valence-corrected chi connectivity index (χ2v) is 7.49. The highest BCUT2D eigenvalue weighted by molar-refractivity contribution is 6.30. The molecule has 4 aromatic rings. The van der Waals surface area contributed by atoms with Crippen molar-refractivity contribution < 1.29 is 4.79 Å². The van der Waals surface area contributed by atoms with Crippen molar-refractivity contribution in [3.63, 3.8) is 0 Å². The molecule has 0 radical (unpaired) electrons. The minimum absolute atomic E-state index is 0.0825. The van der Waals surface area contributed by atoms with Crippen LogP contribution in [0.15, 0.2) is 65.7 Å². The number of para-hydroxylation sites is 2. The number of halogens is 1. The smallest absolute Gasteiger partial charge is 0.329 e. The summed E-state index contributed by atoms with van der Waals surface area (Å²) in [4.78, 5) is 30.3. The van der Waals surface area contributed by atoms with Gasteiger partial charge in [-0.2, -0.15) is 0 Å². The molecule has 1 amide bonds. The van der Waals surface area contributed by atoms with E-state index in [0.717, 1.165) is 16.6 Å². The van der Waals surface area contributed by atoms with Crippen molar-refractivity contribution in [1.29, 1.82) is 0 Å². The van der Waals surface area contributed by atoms with E-state index in [1.54, 1.807) is 22.9 Å². The molecular weight excluding hydrogens is 402 g/mol. The molecule has 0 saturated carbocycles. The standard InChI is InChI=1S/C22H22ClN5O2/c1-3-27-17-6-4-5-7-18(17)28(22(27)30)14-19(29)25-20(21-24-12-13-26(21)2)15-8-10-16(23)11-9-15/h4-13,20H,3,14H2,1-2H3,(H,25,29)/t20-/m1/s1. The van der Waals surface area contributed by atoms with Gasteiger partial charge in [0.05, 0.1) is 11.0 Å². The molecule has 154 valence electrons. The van der Waals surface area contributed by atoms with E-state index in [1.165, 1.54) is 4.57 Å². The zero-order valence-corrected chi connectivity index (χ0v) is 17.5. The minimum atomic E-state index is -0.468. The van der Waals surface area contributed by atoms with E-state index in [4.69, 9.17) is 11.6 Å². The molecule has 0 bridgehead atoms. The number of imidazole rings is 2. The molecule has 7 nitrogen and oxygen atoms in total. The van der Waals surface area contributed by atoms with E-state index >= 15 is 0 Å². The van der Waals surface area contributed by atoms with Crippen LogP contribution in [0.2, 0.25) is 5.02 Å².